The van der Waals surface area contributed by atoms with E-state index in [1.165, 1.54) is 36.5 Å². The van der Waals surface area contributed by atoms with Crippen LogP contribution in [-0.4, -0.2) is 41.3 Å². The Morgan fingerprint density at radius 3 is 2.86 bits per heavy atom. The highest BCUT2D eigenvalue weighted by atomic mass is 16.5. The van der Waals surface area contributed by atoms with Crippen LogP contribution in [0.5, 0.6) is 11.5 Å². The van der Waals surface area contributed by atoms with E-state index in [1.54, 1.807) is 19.2 Å². The summed E-state index contributed by atoms with van der Waals surface area (Å²) in [6.45, 7) is 2.52. The minimum absolute atomic E-state index is 0.377. The number of hydrogen-bond acceptors (Lipinski definition) is 5. The average molecular weight is 380 g/mol. The predicted octanol–water partition coefficient (Wildman–Crippen LogP) is 3.40. The summed E-state index contributed by atoms with van der Waals surface area (Å²) in [5, 5.41) is 9.03. The second-order valence-corrected chi connectivity index (χ2v) is 7.65. The van der Waals surface area contributed by atoms with Crippen molar-refractivity contribution in [3.8, 4) is 17.6 Å². The first-order chi connectivity index (χ1) is 13.7. The summed E-state index contributed by atoms with van der Waals surface area (Å²) >= 11 is 0. The van der Waals surface area contributed by atoms with Gasteiger partial charge in [0, 0.05) is 25.4 Å². The first-order valence-electron chi connectivity index (χ1n) is 10.2. The number of imidazole rings is 1. The van der Waals surface area contributed by atoms with Crippen LogP contribution >= 0.6 is 0 Å². The van der Waals surface area contributed by atoms with Crippen molar-refractivity contribution in [2.75, 3.05) is 26.8 Å². The average Bonchev–Trinajstić information content (AvgIpc) is 3.32. The fourth-order valence-corrected chi connectivity index (χ4v) is 4.52. The van der Waals surface area contributed by atoms with E-state index in [0.717, 1.165) is 32.4 Å². The van der Waals surface area contributed by atoms with Crippen LogP contribution in [0.1, 0.15) is 54.5 Å². The molecule has 1 aromatic heterocycles. The van der Waals surface area contributed by atoms with E-state index in [4.69, 9.17) is 19.7 Å². The SMILES string of the molecule is COc1cc(C#N)ccc1OCCN1CCC[C@@H]1c1nc2c(n1C)CCCC2. The van der Waals surface area contributed by atoms with Crippen molar-refractivity contribution < 1.29 is 9.47 Å². The van der Waals surface area contributed by atoms with E-state index < -0.39 is 0 Å². The number of ether oxygens (including phenoxy) is 2. The molecule has 0 bridgehead atoms. The van der Waals surface area contributed by atoms with Crippen LogP contribution in [0.4, 0.5) is 0 Å². The van der Waals surface area contributed by atoms with Gasteiger partial charge in [-0.05, 0) is 57.2 Å². The third-order valence-electron chi connectivity index (χ3n) is 6.00. The molecule has 28 heavy (non-hydrogen) atoms. The molecule has 2 aromatic rings. The van der Waals surface area contributed by atoms with Gasteiger partial charge in [-0.15, -0.1) is 0 Å². The molecule has 0 amide bonds. The number of fused-ring (bicyclic) bond motifs is 1. The van der Waals surface area contributed by atoms with Crippen molar-refractivity contribution in [3.05, 3.63) is 41.0 Å². The summed E-state index contributed by atoms with van der Waals surface area (Å²) in [5.41, 5.74) is 3.32. The molecule has 1 aromatic carbocycles. The van der Waals surface area contributed by atoms with Gasteiger partial charge < -0.3 is 14.0 Å². The number of nitriles is 1. The molecule has 1 aliphatic carbocycles. The predicted molar refractivity (Wildman–Crippen MR) is 107 cm³/mol. The number of nitrogens with zero attached hydrogens (tertiary/aromatic N) is 4. The molecule has 0 unspecified atom stereocenters. The maximum atomic E-state index is 9.03. The molecule has 1 aliphatic heterocycles. The number of methoxy groups -OCH3 is 1. The van der Waals surface area contributed by atoms with E-state index in [1.807, 2.05) is 6.07 Å². The number of hydrogen-bond donors (Lipinski definition) is 0. The highest BCUT2D eigenvalue weighted by molar-refractivity contribution is 5.46. The van der Waals surface area contributed by atoms with Crippen LogP contribution < -0.4 is 9.47 Å². The molecule has 0 spiro atoms. The van der Waals surface area contributed by atoms with E-state index in [-0.39, 0.29) is 0 Å². The quantitative estimate of drug-likeness (QED) is 0.769. The summed E-state index contributed by atoms with van der Waals surface area (Å²) in [7, 11) is 3.78. The largest absolute Gasteiger partial charge is 0.493 e. The molecule has 0 N–H and O–H groups in total. The van der Waals surface area contributed by atoms with E-state index >= 15 is 0 Å². The first kappa shape index (κ1) is 18.8. The Kier molecular flexibility index (Phi) is 5.54. The van der Waals surface area contributed by atoms with Gasteiger partial charge in [0.2, 0.25) is 0 Å². The van der Waals surface area contributed by atoms with Gasteiger partial charge in [0.25, 0.3) is 0 Å². The maximum absolute atomic E-state index is 9.03. The number of benzene rings is 1. The van der Waals surface area contributed by atoms with Crippen LogP contribution in [0.25, 0.3) is 0 Å². The lowest BCUT2D eigenvalue weighted by Crippen LogP contribution is -2.29. The number of likely N-dealkylation sites (tertiary alicyclic amines) is 1. The van der Waals surface area contributed by atoms with Crippen molar-refractivity contribution in [1.29, 1.82) is 5.26 Å². The Morgan fingerprint density at radius 1 is 1.21 bits per heavy atom. The van der Waals surface area contributed by atoms with E-state index in [9.17, 15) is 0 Å². The Balaban J connectivity index is 1.42. The molecular weight excluding hydrogens is 352 g/mol. The standard InChI is InChI=1S/C22H28N4O2/c1-25-18-7-4-3-6-17(18)24-22(25)19-8-5-11-26(19)12-13-28-20-10-9-16(15-23)14-21(20)27-2/h9-10,14,19H,3-8,11-13H2,1-2H3/t19-/m1/s1. The van der Waals surface area contributed by atoms with Crippen molar-refractivity contribution in [3.63, 3.8) is 0 Å². The number of aromatic nitrogens is 2. The van der Waals surface area contributed by atoms with Gasteiger partial charge >= 0.3 is 0 Å². The van der Waals surface area contributed by atoms with Crippen LogP contribution in [0, 0.1) is 11.3 Å². The monoisotopic (exact) mass is 380 g/mol. The molecular formula is C22H28N4O2. The zero-order chi connectivity index (χ0) is 19.5. The molecule has 0 saturated carbocycles. The third-order valence-corrected chi connectivity index (χ3v) is 6.00. The van der Waals surface area contributed by atoms with Crippen LogP contribution in [0.2, 0.25) is 0 Å². The van der Waals surface area contributed by atoms with Crippen molar-refractivity contribution in [1.82, 2.24) is 14.5 Å². The van der Waals surface area contributed by atoms with Gasteiger partial charge in [0.05, 0.1) is 30.5 Å². The fourth-order valence-electron chi connectivity index (χ4n) is 4.52. The van der Waals surface area contributed by atoms with Gasteiger partial charge in [0.1, 0.15) is 12.4 Å². The first-order valence-corrected chi connectivity index (χ1v) is 10.2. The van der Waals surface area contributed by atoms with Gasteiger partial charge in [-0.2, -0.15) is 5.26 Å². The zero-order valence-electron chi connectivity index (χ0n) is 16.8. The van der Waals surface area contributed by atoms with Crippen LogP contribution in [0.15, 0.2) is 18.2 Å². The minimum atomic E-state index is 0.377. The van der Waals surface area contributed by atoms with Crippen molar-refractivity contribution in [2.24, 2.45) is 7.05 Å². The van der Waals surface area contributed by atoms with Gasteiger partial charge in [-0.3, -0.25) is 4.90 Å². The lowest BCUT2D eigenvalue weighted by Gasteiger charge is -2.24. The van der Waals surface area contributed by atoms with Crippen molar-refractivity contribution in [2.45, 2.75) is 44.6 Å². The molecule has 1 atom stereocenters. The smallest absolute Gasteiger partial charge is 0.162 e. The summed E-state index contributed by atoms with van der Waals surface area (Å²) < 4.78 is 13.7. The lowest BCUT2D eigenvalue weighted by atomic mass is 10.0. The zero-order valence-corrected chi connectivity index (χ0v) is 16.8. The molecule has 6 nitrogen and oxygen atoms in total. The molecule has 1 saturated heterocycles. The Labute approximate surface area is 166 Å². The third kappa shape index (κ3) is 3.59. The Morgan fingerprint density at radius 2 is 2.07 bits per heavy atom. The molecule has 0 radical (unpaired) electrons. The van der Waals surface area contributed by atoms with E-state index in [2.05, 4.69) is 22.6 Å². The lowest BCUT2D eigenvalue weighted by molar-refractivity contribution is 0.188. The van der Waals surface area contributed by atoms with Gasteiger partial charge in [0.15, 0.2) is 11.5 Å². The molecule has 148 valence electrons. The molecule has 6 heteroatoms. The maximum Gasteiger partial charge on any atom is 0.162 e. The number of aryl methyl sites for hydroxylation is 1. The van der Waals surface area contributed by atoms with Crippen molar-refractivity contribution >= 4 is 0 Å². The second kappa shape index (κ2) is 8.24. The topological polar surface area (TPSA) is 63.3 Å². The highest BCUT2D eigenvalue weighted by Gasteiger charge is 2.31. The van der Waals surface area contributed by atoms with Gasteiger partial charge in [-0.25, -0.2) is 4.98 Å². The summed E-state index contributed by atoms with van der Waals surface area (Å²) in [4.78, 5) is 7.52. The summed E-state index contributed by atoms with van der Waals surface area (Å²) in [6.07, 6.45) is 7.18. The molecule has 1 fully saturated rings. The summed E-state index contributed by atoms with van der Waals surface area (Å²) in [5.74, 6) is 2.51. The molecule has 4 rings (SSSR count). The Bertz CT molecular complexity index is 883. The number of rotatable bonds is 6. The molecule has 2 aliphatic rings. The second-order valence-electron chi connectivity index (χ2n) is 7.65. The van der Waals surface area contributed by atoms with E-state index in [0.29, 0.717) is 29.7 Å². The van der Waals surface area contributed by atoms with Gasteiger partial charge in [-0.1, -0.05) is 0 Å². The minimum Gasteiger partial charge on any atom is -0.493 e. The summed E-state index contributed by atoms with van der Waals surface area (Å²) in [6, 6.07) is 7.79. The normalized spacial score (nSPS) is 19.2. The molecule has 2 heterocycles. The fraction of sp³-hybridized carbons (Fsp3) is 0.545. The van der Waals surface area contributed by atoms with Crippen LogP contribution in [0.3, 0.4) is 0 Å². The van der Waals surface area contributed by atoms with Crippen LogP contribution in [-0.2, 0) is 19.9 Å². The highest BCUT2D eigenvalue weighted by Crippen LogP contribution is 2.34. The Hall–Kier alpha value is -2.52.